The zero-order chi connectivity index (χ0) is 15.9. The minimum absolute atomic E-state index is 0.727. The Bertz CT molecular complexity index is 334. The Balaban J connectivity index is 4.53. The van der Waals surface area contributed by atoms with Gasteiger partial charge in [-0.15, -0.1) is 0 Å². The van der Waals surface area contributed by atoms with Crippen molar-refractivity contribution in [3.05, 3.63) is 24.0 Å². The number of unbranched alkanes of at least 4 members (excludes halogenated alkanes) is 5. The Labute approximate surface area is 136 Å². The third-order valence-corrected chi connectivity index (χ3v) is 3.72. The van der Waals surface area contributed by atoms with Gasteiger partial charge in [0, 0.05) is 6.26 Å². The summed E-state index contributed by atoms with van der Waals surface area (Å²) >= 11 is 1.47. The maximum absolute atomic E-state index is 5.81. The molecule has 0 aliphatic rings. The van der Waals surface area contributed by atoms with Crippen molar-refractivity contribution in [2.45, 2.75) is 72.1 Å². The number of allylic oxidation sites excluding steroid dienone is 2. The average molecular weight is 312 g/mol. The van der Waals surface area contributed by atoms with Gasteiger partial charge in [-0.1, -0.05) is 65.5 Å². The van der Waals surface area contributed by atoms with E-state index < -0.39 is 0 Å². The fourth-order valence-corrected chi connectivity index (χ4v) is 2.46. The SMILES string of the molecule is C=C(OCCCCCC)C(=N\SC)/C(=C/CCCC)CC. The zero-order valence-electron chi connectivity index (χ0n) is 14.4. The predicted molar refractivity (Wildman–Crippen MR) is 98.1 cm³/mol. The number of hydrogen-bond acceptors (Lipinski definition) is 3. The zero-order valence-corrected chi connectivity index (χ0v) is 15.2. The van der Waals surface area contributed by atoms with E-state index in [9.17, 15) is 0 Å². The van der Waals surface area contributed by atoms with Crippen LogP contribution in [0.2, 0.25) is 0 Å². The quantitative estimate of drug-likeness (QED) is 0.171. The number of rotatable bonds is 13. The smallest absolute Gasteiger partial charge is 0.138 e. The van der Waals surface area contributed by atoms with E-state index in [0.29, 0.717) is 0 Å². The highest BCUT2D eigenvalue weighted by Gasteiger charge is 2.11. The van der Waals surface area contributed by atoms with Crippen LogP contribution in [-0.2, 0) is 4.74 Å². The van der Waals surface area contributed by atoms with Crippen molar-refractivity contribution < 1.29 is 4.74 Å². The van der Waals surface area contributed by atoms with Crippen LogP contribution < -0.4 is 0 Å². The highest BCUT2D eigenvalue weighted by Crippen LogP contribution is 2.17. The fourth-order valence-electron chi connectivity index (χ4n) is 2.06. The fraction of sp³-hybridized carbons (Fsp3) is 0.722. The molecule has 0 saturated heterocycles. The predicted octanol–water partition coefficient (Wildman–Crippen LogP) is 6.34. The maximum Gasteiger partial charge on any atom is 0.138 e. The lowest BCUT2D eigenvalue weighted by Crippen LogP contribution is -2.09. The molecule has 0 radical (unpaired) electrons. The molecule has 21 heavy (non-hydrogen) atoms. The molecule has 0 aliphatic heterocycles. The van der Waals surface area contributed by atoms with Gasteiger partial charge in [0.2, 0.25) is 0 Å². The average Bonchev–Trinajstić information content (AvgIpc) is 2.49. The van der Waals surface area contributed by atoms with E-state index in [2.05, 4.69) is 37.8 Å². The summed E-state index contributed by atoms with van der Waals surface area (Å²) in [5.74, 6) is 0.727. The van der Waals surface area contributed by atoms with E-state index in [4.69, 9.17) is 4.74 Å². The van der Waals surface area contributed by atoms with Crippen LogP contribution in [0, 0.1) is 0 Å². The first kappa shape index (κ1) is 20.3. The van der Waals surface area contributed by atoms with E-state index in [1.807, 2.05) is 6.26 Å². The summed E-state index contributed by atoms with van der Waals surface area (Å²) in [6.45, 7) is 11.4. The van der Waals surface area contributed by atoms with E-state index in [1.54, 1.807) is 0 Å². The summed E-state index contributed by atoms with van der Waals surface area (Å²) in [5.41, 5.74) is 2.20. The van der Waals surface area contributed by atoms with Crippen molar-refractivity contribution in [3.8, 4) is 0 Å². The summed E-state index contributed by atoms with van der Waals surface area (Å²) in [4.78, 5) is 0. The molecule has 0 atom stereocenters. The van der Waals surface area contributed by atoms with Gasteiger partial charge in [0.05, 0.1) is 6.61 Å². The standard InChI is InChI=1S/C18H33NOS/c1-6-9-11-13-15-20-16(4)18(19-21-5)17(8-3)14-12-10-7-2/h14H,4,6-13,15H2,1-3,5H3/b17-14+,19-18+. The van der Waals surface area contributed by atoms with Crippen LogP contribution in [0.15, 0.2) is 28.4 Å². The van der Waals surface area contributed by atoms with Crippen LogP contribution in [0.25, 0.3) is 0 Å². The van der Waals surface area contributed by atoms with Crippen LogP contribution in [0.5, 0.6) is 0 Å². The Morgan fingerprint density at radius 1 is 1.10 bits per heavy atom. The first-order valence-corrected chi connectivity index (χ1v) is 9.51. The van der Waals surface area contributed by atoms with E-state index in [1.165, 1.54) is 49.6 Å². The monoisotopic (exact) mass is 311 g/mol. The molecule has 0 unspecified atom stereocenters. The lowest BCUT2D eigenvalue weighted by molar-refractivity contribution is 0.224. The summed E-state index contributed by atoms with van der Waals surface area (Å²) in [6, 6.07) is 0. The third-order valence-electron chi connectivity index (χ3n) is 3.35. The topological polar surface area (TPSA) is 21.6 Å². The first-order chi connectivity index (χ1) is 10.2. The van der Waals surface area contributed by atoms with Gasteiger partial charge in [-0.05, 0) is 36.8 Å². The minimum Gasteiger partial charge on any atom is -0.492 e. The van der Waals surface area contributed by atoms with Crippen molar-refractivity contribution in [3.63, 3.8) is 0 Å². The normalized spacial score (nSPS) is 12.6. The summed E-state index contributed by atoms with van der Waals surface area (Å²) < 4.78 is 10.3. The molecule has 0 fully saturated rings. The van der Waals surface area contributed by atoms with Crippen molar-refractivity contribution in [2.75, 3.05) is 12.9 Å². The molecule has 0 saturated carbocycles. The molecule has 0 N–H and O–H groups in total. The summed E-state index contributed by atoms with van der Waals surface area (Å²) in [6.07, 6.45) is 13.7. The second kappa shape index (κ2) is 14.2. The van der Waals surface area contributed by atoms with Gasteiger partial charge >= 0.3 is 0 Å². The lowest BCUT2D eigenvalue weighted by Gasteiger charge is -2.13. The van der Waals surface area contributed by atoms with Crippen molar-refractivity contribution in [2.24, 2.45) is 4.40 Å². The molecule has 0 rings (SSSR count). The lowest BCUT2D eigenvalue weighted by atomic mass is 10.0. The Morgan fingerprint density at radius 2 is 1.81 bits per heavy atom. The Morgan fingerprint density at radius 3 is 2.38 bits per heavy atom. The molecule has 3 heteroatoms. The molecule has 0 aromatic heterocycles. The number of nitrogens with zero attached hydrogens (tertiary/aromatic N) is 1. The van der Waals surface area contributed by atoms with Crippen LogP contribution in [0.3, 0.4) is 0 Å². The second-order valence-corrected chi connectivity index (χ2v) is 5.73. The molecular formula is C18H33NOS. The van der Waals surface area contributed by atoms with Crippen molar-refractivity contribution >= 4 is 17.7 Å². The second-order valence-electron chi connectivity index (χ2n) is 5.18. The van der Waals surface area contributed by atoms with Crippen LogP contribution >= 0.6 is 11.9 Å². The molecule has 0 spiro atoms. The third kappa shape index (κ3) is 9.78. The summed E-state index contributed by atoms with van der Waals surface area (Å²) in [7, 11) is 0. The van der Waals surface area contributed by atoms with Gasteiger partial charge in [0.1, 0.15) is 11.5 Å². The molecule has 0 aromatic carbocycles. The van der Waals surface area contributed by atoms with Gasteiger partial charge in [0.25, 0.3) is 0 Å². The highest BCUT2D eigenvalue weighted by molar-refractivity contribution is 7.97. The van der Waals surface area contributed by atoms with Gasteiger partial charge in [-0.2, -0.15) is 0 Å². The molecule has 0 aromatic rings. The van der Waals surface area contributed by atoms with Gasteiger partial charge in [0.15, 0.2) is 0 Å². The van der Waals surface area contributed by atoms with Crippen LogP contribution in [0.4, 0.5) is 0 Å². The van der Waals surface area contributed by atoms with Crippen molar-refractivity contribution in [1.82, 2.24) is 0 Å². The van der Waals surface area contributed by atoms with Gasteiger partial charge in [-0.3, -0.25) is 0 Å². The Kier molecular flexibility index (Phi) is 13.8. The number of ether oxygens (including phenoxy) is 1. The molecule has 0 heterocycles. The Hall–Kier alpha value is -0.700. The molecular weight excluding hydrogens is 278 g/mol. The molecule has 122 valence electrons. The minimum atomic E-state index is 0.727. The van der Waals surface area contributed by atoms with Crippen LogP contribution in [0.1, 0.15) is 72.1 Å². The first-order valence-electron chi connectivity index (χ1n) is 8.33. The van der Waals surface area contributed by atoms with E-state index in [0.717, 1.165) is 37.3 Å². The maximum atomic E-state index is 5.81. The molecule has 2 nitrogen and oxygen atoms in total. The molecule has 0 bridgehead atoms. The number of hydrogen-bond donors (Lipinski definition) is 0. The summed E-state index contributed by atoms with van der Waals surface area (Å²) in [5, 5.41) is 0. The van der Waals surface area contributed by atoms with Crippen LogP contribution in [-0.4, -0.2) is 18.6 Å². The molecule has 0 amide bonds. The van der Waals surface area contributed by atoms with E-state index >= 15 is 0 Å². The van der Waals surface area contributed by atoms with E-state index in [-0.39, 0.29) is 0 Å². The largest absolute Gasteiger partial charge is 0.492 e. The molecule has 0 aliphatic carbocycles. The van der Waals surface area contributed by atoms with Crippen molar-refractivity contribution in [1.29, 1.82) is 0 Å². The van der Waals surface area contributed by atoms with Gasteiger partial charge in [-0.25, -0.2) is 4.40 Å². The van der Waals surface area contributed by atoms with Gasteiger partial charge < -0.3 is 4.74 Å². The highest BCUT2D eigenvalue weighted by atomic mass is 32.2.